The summed E-state index contributed by atoms with van der Waals surface area (Å²) in [6, 6.07) is 2.85. The number of carbonyl (C=O) groups excluding carboxylic acids is 2. The molecule has 7 heteroatoms. The first-order valence-electron chi connectivity index (χ1n) is 4.20. The molecule has 0 aliphatic rings. The van der Waals surface area contributed by atoms with Gasteiger partial charge in [-0.15, -0.1) is 0 Å². The van der Waals surface area contributed by atoms with Crippen LogP contribution >= 0.6 is 0 Å². The number of carbonyl (C=O) groups is 2. The Kier molecular flexibility index (Phi) is 3.96. The molecule has 16 heavy (non-hydrogen) atoms. The highest BCUT2D eigenvalue weighted by atomic mass is 16.5. The second-order valence-electron chi connectivity index (χ2n) is 2.63. The van der Waals surface area contributed by atoms with Crippen LogP contribution in [0.5, 0.6) is 0 Å². The molecule has 0 aliphatic carbocycles. The normalized spacial score (nSPS) is 10.1. The van der Waals surface area contributed by atoms with E-state index in [9.17, 15) is 9.59 Å². The Labute approximate surface area is 90.7 Å². The van der Waals surface area contributed by atoms with Crippen molar-refractivity contribution in [2.75, 3.05) is 12.4 Å². The van der Waals surface area contributed by atoms with Crippen molar-refractivity contribution in [1.29, 1.82) is 0 Å². The number of esters is 1. The molecule has 1 aromatic rings. The van der Waals surface area contributed by atoms with Crippen LogP contribution in [0, 0.1) is 0 Å². The van der Waals surface area contributed by atoms with Crippen LogP contribution in [0.2, 0.25) is 0 Å². The van der Waals surface area contributed by atoms with Gasteiger partial charge in [-0.1, -0.05) is 5.16 Å². The Hall–Kier alpha value is -2.44. The van der Waals surface area contributed by atoms with Crippen LogP contribution in [0.25, 0.3) is 0 Å². The molecule has 0 fully saturated rings. The molecular formula is C9H9N3O4. The zero-order valence-corrected chi connectivity index (χ0v) is 8.38. The molecule has 0 saturated heterocycles. The number of rotatable bonds is 4. The maximum Gasteiger partial charge on any atom is 0.341 e. The summed E-state index contributed by atoms with van der Waals surface area (Å²) in [6.07, 6.45) is 1.45. The Bertz CT molecular complexity index is 431. The van der Waals surface area contributed by atoms with E-state index in [1.807, 2.05) is 0 Å². The van der Waals surface area contributed by atoms with E-state index in [0.717, 1.165) is 6.21 Å². The average molecular weight is 223 g/mol. The highest BCUT2D eigenvalue weighted by Crippen LogP contribution is 2.13. The number of ether oxygens (including phenoxy) is 1. The molecule has 0 aliphatic heterocycles. The van der Waals surface area contributed by atoms with Gasteiger partial charge in [0.15, 0.2) is 0 Å². The minimum atomic E-state index is -0.621. The number of hydrogen-bond donors (Lipinski definition) is 2. The number of anilines is 1. The van der Waals surface area contributed by atoms with E-state index in [0.29, 0.717) is 12.1 Å². The fourth-order valence-electron chi connectivity index (χ4n) is 1.05. The van der Waals surface area contributed by atoms with Crippen molar-refractivity contribution in [2.24, 2.45) is 5.16 Å². The number of oxime groups is 1. The molecule has 7 nitrogen and oxygen atoms in total. The molecular weight excluding hydrogens is 214 g/mol. The van der Waals surface area contributed by atoms with E-state index in [1.165, 1.54) is 19.2 Å². The number of amides is 1. The molecule has 0 atom stereocenters. The van der Waals surface area contributed by atoms with E-state index in [4.69, 9.17) is 5.21 Å². The lowest BCUT2D eigenvalue weighted by molar-refractivity contribution is -0.105. The molecule has 0 radical (unpaired) electrons. The van der Waals surface area contributed by atoms with E-state index in [2.05, 4.69) is 20.2 Å². The van der Waals surface area contributed by atoms with Crippen molar-refractivity contribution in [3.05, 3.63) is 23.4 Å². The molecule has 0 aromatic carbocycles. The first-order valence-corrected chi connectivity index (χ1v) is 4.20. The lowest BCUT2D eigenvalue weighted by atomic mass is 10.2. The standard InChI is InChI=1S/C9H9N3O4/c1-16-9(14)7-3-2-6(4-11-15)12-8(7)10-5-13/h2-5,15H,1H3,(H,10,12,13)/b11-4+. The van der Waals surface area contributed by atoms with Gasteiger partial charge in [-0.25, -0.2) is 9.78 Å². The number of methoxy groups -OCH3 is 1. The number of pyridine rings is 1. The van der Waals surface area contributed by atoms with Crippen molar-refractivity contribution in [2.45, 2.75) is 0 Å². The van der Waals surface area contributed by atoms with Crippen molar-refractivity contribution < 1.29 is 19.5 Å². The molecule has 0 saturated carbocycles. The van der Waals surface area contributed by atoms with Gasteiger partial charge in [0.25, 0.3) is 0 Å². The summed E-state index contributed by atoms with van der Waals surface area (Å²) in [4.78, 5) is 25.5. The van der Waals surface area contributed by atoms with Crippen LogP contribution in [0.3, 0.4) is 0 Å². The van der Waals surface area contributed by atoms with Gasteiger partial charge in [0, 0.05) is 0 Å². The Morgan fingerprint density at radius 2 is 2.38 bits per heavy atom. The van der Waals surface area contributed by atoms with E-state index in [1.54, 1.807) is 0 Å². The fraction of sp³-hybridized carbons (Fsp3) is 0.111. The molecule has 1 rings (SSSR count). The van der Waals surface area contributed by atoms with Crippen LogP contribution in [-0.2, 0) is 9.53 Å². The summed E-state index contributed by atoms with van der Waals surface area (Å²) in [5.41, 5.74) is 0.407. The Balaban J connectivity index is 3.18. The summed E-state index contributed by atoms with van der Waals surface area (Å²) < 4.78 is 4.51. The first kappa shape index (κ1) is 11.6. The molecule has 0 spiro atoms. The quantitative estimate of drug-likeness (QED) is 0.250. The number of aromatic nitrogens is 1. The van der Waals surface area contributed by atoms with E-state index >= 15 is 0 Å². The van der Waals surface area contributed by atoms with Gasteiger partial charge < -0.3 is 15.3 Å². The van der Waals surface area contributed by atoms with Gasteiger partial charge >= 0.3 is 5.97 Å². The smallest absolute Gasteiger partial charge is 0.341 e. The molecule has 1 aromatic heterocycles. The monoisotopic (exact) mass is 223 g/mol. The van der Waals surface area contributed by atoms with Crippen molar-refractivity contribution in [3.63, 3.8) is 0 Å². The predicted octanol–water partition coefficient (Wildman–Crippen LogP) is 0.245. The summed E-state index contributed by atoms with van der Waals surface area (Å²) in [5, 5.41) is 13.3. The van der Waals surface area contributed by atoms with Gasteiger partial charge in [0.05, 0.1) is 19.0 Å². The van der Waals surface area contributed by atoms with Gasteiger partial charge in [-0.05, 0) is 12.1 Å². The first-order chi connectivity index (χ1) is 7.72. The second kappa shape index (κ2) is 5.44. The molecule has 2 N–H and O–H groups in total. The lowest BCUT2D eigenvalue weighted by Gasteiger charge is -2.05. The second-order valence-corrected chi connectivity index (χ2v) is 2.63. The summed E-state index contributed by atoms with van der Waals surface area (Å²) >= 11 is 0. The molecule has 1 amide bonds. The van der Waals surface area contributed by atoms with Crippen LogP contribution in [0.4, 0.5) is 5.82 Å². The van der Waals surface area contributed by atoms with Gasteiger partial charge in [0.1, 0.15) is 11.4 Å². The van der Waals surface area contributed by atoms with Crippen molar-refractivity contribution in [3.8, 4) is 0 Å². The summed E-state index contributed by atoms with van der Waals surface area (Å²) in [5.74, 6) is -0.580. The predicted molar refractivity (Wildman–Crippen MR) is 54.6 cm³/mol. The Morgan fingerprint density at radius 1 is 1.62 bits per heavy atom. The fourth-order valence-corrected chi connectivity index (χ4v) is 1.05. The SMILES string of the molecule is COC(=O)c1ccc(/C=N/O)nc1NC=O. The Morgan fingerprint density at radius 3 is 2.94 bits per heavy atom. The maximum absolute atomic E-state index is 11.3. The van der Waals surface area contributed by atoms with E-state index in [-0.39, 0.29) is 11.4 Å². The molecule has 0 bridgehead atoms. The van der Waals surface area contributed by atoms with Gasteiger partial charge in [0.2, 0.25) is 6.41 Å². The third-order valence-electron chi connectivity index (χ3n) is 1.71. The lowest BCUT2D eigenvalue weighted by Crippen LogP contribution is -2.10. The number of nitrogens with zero attached hydrogens (tertiary/aromatic N) is 2. The number of nitrogens with one attached hydrogen (secondary N) is 1. The average Bonchev–Trinajstić information content (AvgIpc) is 2.29. The van der Waals surface area contributed by atoms with Crippen LogP contribution in [0.1, 0.15) is 16.1 Å². The minimum absolute atomic E-state index is 0.0410. The summed E-state index contributed by atoms with van der Waals surface area (Å²) in [6.45, 7) is 0. The number of hydrogen-bond acceptors (Lipinski definition) is 6. The minimum Gasteiger partial charge on any atom is -0.465 e. The maximum atomic E-state index is 11.3. The molecule has 84 valence electrons. The van der Waals surface area contributed by atoms with Gasteiger partial charge in [-0.3, -0.25) is 4.79 Å². The van der Waals surface area contributed by atoms with Gasteiger partial charge in [-0.2, -0.15) is 0 Å². The highest BCUT2D eigenvalue weighted by Gasteiger charge is 2.13. The van der Waals surface area contributed by atoms with Crippen LogP contribution in [-0.4, -0.2) is 35.9 Å². The zero-order chi connectivity index (χ0) is 12.0. The van der Waals surface area contributed by atoms with Crippen molar-refractivity contribution >= 4 is 24.4 Å². The molecule has 0 unspecified atom stereocenters. The topological polar surface area (TPSA) is 101 Å². The van der Waals surface area contributed by atoms with E-state index < -0.39 is 5.97 Å². The largest absolute Gasteiger partial charge is 0.465 e. The molecule has 1 heterocycles. The zero-order valence-electron chi connectivity index (χ0n) is 8.38. The third kappa shape index (κ3) is 2.53. The van der Waals surface area contributed by atoms with Crippen molar-refractivity contribution in [1.82, 2.24) is 4.98 Å². The van der Waals surface area contributed by atoms with Crippen LogP contribution < -0.4 is 5.32 Å². The highest BCUT2D eigenvalue weighted by molar-refractivity contribution is 5.97. The third-order valence-corrected chi connectivity index (χ3v) is 1.71. The van der Waals surface area contributed by atoms with Crippen LogP contribution in [0.15, 0.2) is 17.3 Å². The summed E-state index contributed by atoms with van der Waals surface area (Å²) in [7, 11) is 1.22.